The minimum absolute atomic E-state index is 0.261. The number of carbonyl (C=O) groups excluding carboxylic acids is 1. The van der Waals surface area contributed by atoms with Crippen LogP contribution in [-0.4, -0.2) is 27.9 Å². The van der Waals surface area contributed by atoms with Gasteiger partial charge in [-0.2, -0.15) is 0 Å². The zero-order chi connectivity index (χ0) is 23.7. The molecule has 1 N–H and O–H groups in total. The van der Waals surface area contributed by atoms with Crippen molar-refractivity contribution in [3.05, 3.63) is 83.8 Å². The highest BCUT2D eigenvalue weighted by Crippen LogP contribution is 2.20. The summed E-state index contributed by atoms with van der Waals surface area (Å²) in [6.07, 6.45) is 3.07. The molecule has 6 nitrogen and oxygen atoms in total. The van der Waals surface area contributed by atoms with Gasteiger partial charge in [0.05, 0.1) is 24.4 Å². The van der Waals surface area contributed by atoms with Crippen molar-refractivity contribution in [1.29, 1.82) is 0 Å². The molecule has 0 spiro atoms. The molecule has 3 aromatic rings. The third-order valence-corrected chi connectivity index (χ3v) is 5.31. The van der Waals surface area contributed by atoms with Crippen molar-refractivity contribution in [1.82, 2.24) is 14.9 Å². The number of carbonyl (C=O) groups is 1. The average Bonchev–Trinajstić information content (AvgIpc) is 3.13. The van der Waals surface area contributed by atoms with E-state index in [1.807, 2.05) is 73.9 Å². The molecule has 1 unspecified atom stereocenters. The summed E-state index contributed by atoms with van der Waals surface area (Å²) in [5.41, 5.74) is 1.75. The minimum atomic E-state index is -0.598. The summed E-state index contributed by atoms with van der Waals surface area (Å²) in [4.78, 5) is 17.1. The summed E-state index contributed by atoms with van der Waals surface area (Å²) in [5, 5.41) is 3.68. The Kier molecular flexibility index (Phi) is 8.97. The predicted octanol–water partition coefficient (Wildman–Crippen LogP) is 5.59. The molecule has 3 rings (SSSR count). The molecular formula is C26H33N3O3S. The Balaban J connectivity index is 1.70. The van der Waals surface area contributed by atoms with Gasteiger partial charge in [-0.1, -0.05) is 60.7 Å². The van der Waals surface area contributed by atoms with Crippen LogP contribution in [0.15, 0.2) is 71.9 Å². The van der Waals surface area contributed by atoms with Crippen LogP contribution >= 0.6 is 12.6 Å². The van der Waals surface area contributed by atoms with E-state index in [1.165, 1.54) is 5.56 Å². The normalized spacial score (nSPS) is 12.4. The topological polar surface area (TPSA) is 65.4 Å². The third-order valence-electron chi connectivity index (χ3n) is 4.95. The summed E-state index contributed by atoms with van der Waals surface area (Å²) in [6, 6.07) is 19.8. The molecule has 0 saturated heterocycles. The first kappa shape index (κ1) is 24.9. The maximum atomic E-state index is 12.5. The monoisotopic (exact) mass is 467 g/mol. The Bertz CT molecular complexity index is 1000. The van der Waals surface area contributed by atoms with Crippen molar-refractivity contribution in [2.75, 3.05) is 6.61 Å². The number of ether oxygens (including phenoxy) is 2. The average molecular weight is 468 g/mol. The fraction of sp³-hybridized carbons (Fsp3) is 0.385. The highest BCUT2D eigenvalue weighted by molar-refractivity contribution is 7.80. The largest absolute Gasteiger partial charge is 0.444 e. The standard InChI is InChI=1S/C26H33N3O3S/c1-26(2,3)32-25(30)28-22(19-31-18-21-13-8-5-9-14-21)24-27-17-23(33)29(24)16-10-15-20-11-6-4-7-12-20/h4-9,11-14,17,22,33H,10,15-16,18-19H2,1-3H3,(H,28,30). The van der Waals surface area contributed by atoms with Gasteiger partial charge < -0.3 is 19.4 Å². The van der Waals surface area contributed by atoms with Crippen LogP contribution in [0.1, 0.15) is 50.2 Å². The Morgan fingerprint density at radius 2 is 1.70 bits per heavy atom. The van der Waals surface area contributed by atoms with Crippen LogP contribution < -0.4 is 5.32 Å². The molecule has 0 aliphatic heterocycles. The fourth-order valence-corrected chi connectivity index (χ4v) is 3.73. The molecule has 1 aromatic heterocycles. The van der Waals surface area contributed by atoms with E-state index in [-0.39, 0.29) is 6.61 Å². The SMILES string of the molecule is CC(C)(C)OC(=O)NC(COCc1ccccc1)c1ncc(S)n1CCCc1ccccc1. The molecule has 0 aliphatic carbocycles. The second kappa shape index (κ2) is 11.9. The predicted molar refractivity (Wildman–Crippen MR) is 132 cm³/mol. The van der Waals surface area contributed by atoms with Gasteiger partial charge in [-0.15, -0.1) is 12.6 Å². The van der Waals surface area contributed by atoms with Crippen LogP contribution in [0, 0.1) is 0 Å². The first-order chi connectivity index (χ1) is 15.8. The lowest BCUT2D eigenvalue weighted by Gasteiger charge is -2.24. The number of amides is 1. The number of aromatic nitrogens is 2. The van der Waals surface area contributed by atoms with E-state index in [0.717, 1.165) is 30.0 Å². The fourth-order valence-electron chi connectivity index (χ4n) is 3.47. The summed E-state index contributed by atoms with van der Waals surface area (Å²) < 4.78 is 13.5. The molecule has 0 saturated carbocycles. The third kappa shape index (κ3) is 8.26. The van der Waals surface area contributed by atoms with Crippen LogP contribution in [0.5, 0.6) is 0 Å². The van der Waals surface area contributed by atoms with Gasteiger partial charge in [0, 0.05) is 6.54 Å². The second-order valence-electron chi connectivity index (χ2n) is 8.91. The lowest BCUT2D eigenvalue weighted by molar-refractivity contribution is 0.0417. The molecule has 33 heavy (non-hydrogen) atoms. The number of aryl methyl sites for hydroxylation is 1. The number of nitrogens with zero attached hydrogens (tertiary/aromatic N) is 2. The zero-order valence-corrected chi connectivity index (χ0v) is 20.4. The Hall–Kier alpha value is -2.77. The summed E-state index contributed by atoms with van der Waals surface area (Å²) in [5.74, 6) is 0.701. The van der Waals surface area contributed by atoms with Crippen molar-refractivity contribution in [2.24, 2.45) is 0 Å². The first-order valence-corrected chi connectivity index (χ1v) is 11.7. The van der Waals surface area contributed by atoms with Crippen molar-refractivity contribution in [3.8, 4) is 0 Å². The van der Waals surface area contributed by atoms with Crippen LogP contribution in [0.3, 0.4) is 0 Å². The highest BCUT2D eigenvalue weighted by Gasteiger charge is 2.24. The number of hydrogen-bond donors (Lipinski definition) is 2. The Morgan fingerprint density at radius 3 is 2.33 bits per heavy atom. The molecule has 1 amide bonds. The molecule has 0 aliphatic rings. The van der Waals surface area contributed by atoms with Crippen LogP contribution in [0.25, 0.3) is 0 Å². The maximum Gasteiger partial charge on any atom is 0.408 e. The van der Waals surface area contributed by atoms with Crippen LogP contribution in [0.4, 0.5) is 4.79 Å². The van der Waals surface area contributed by atoms with Crippen LogP contribution in [-0.2, 0) is 29.0 Å². The number of nitrogens with one attached hydrogen (secondary N) is 1. The number of hydrogen-bond acceptors (Lipinski definition) is 5. The molecule has 0 radical (unpaired) electrons. The van der Waals surface area contributed by atoms with Crippen molar-refractivity contribution < 1.29 is 14.3 Å². The van der Waals surface area contributed by atoms with Gasteiger partial charge in [0.15, 0.2) is 0 Å². The van der Waals surface area contributed by atoms with E-state index in [9.17, 15) is 4.79 Å². The molecule has 1 heterocycles. The first-order valence-electron chi connectivity index (χ1n) is 11.2. The van der Waals surface area contributed by atoms with Gasteiger partial charge in [0.1, 0.15) is 17.5 Å². The number of thiol groups is 1. The van der Waals surface area contributed by atoms with Crippen molar-refractivity contribution in [2.45, 2.75) is 63.4 Å². The van der Waals surface area contributed by atoms with Crippen LogP contribution in [0.2, 0.25) is 0 Å². The minimum Gasteiger partial charge on any atom is -0.444 e. The van der Waals surface area contributed by atoms with E-state index < -0.39 is 17.7 Å². The maximum absolute atomic E-state index is 12.5. The summed E-state index contributed by atoms with van der Waals surface area (Å²) in [6.45, 7) is 6.94. The number of benzene rings is 2. The smallest absolute Gasteiger partial charge is 0.408 e. The van der Waals surface area contributed by atoms with Gasteiger partial charge in [-0.25, -0.2) is 9.78 Å². The van der Waals surface area contributed by atoms with Gasteiger partial charge in [-0.05, 0) is 44.7 Å². The van der Waals surface area contributed by atoms with E-state index in [4.69, 9.17) is 9.47 Å². The quantitative estimate of drug-likeness (QED) is 0.382. The molecular weight excluding hydrogens is 434 g/mol. The van der Waals surface area contributed by atoms with Gasteiger partial charge in [0.25, 0.3) is 0 Å². The van der Waals surface area contributed by atoms with Crippen molar-refractivity contribution in [3.63, 3.8) is 0 Å². The zero-order valence-electron chi connectivity index (χ0n) is 19.5. The van der Waals surface area contributed by atoms with Crippen molar-refractivity contribution >= 4 is 18.7 Å². The number of rotatable bonds is 10. The Labute approximate surface area is 201 Å². The molecule has 0 fully saturated rings. The molecule has 176 valence electrons. The van der Waals surface area contributed by atoms with Gasteiger partial charge >= 0.3 is 6.09 Å². The van der Waals surface area contributed by atoms with Gasteiger partial charge in [-0.3, -0.25) is 0 Å². The van der Waals surface area contributed by atoms with Gasteiger partial charge in [0.2, 0.25) is 0 Å². The van der Waals surface area contributed by atoms with E-state index in [1.54, 1.807) is 6.20 Å². The molecule has 2 aromatic carbocycles. The Morgan fingerprint density at radius 1 is 1.06 bits per heavy atom. The molecule has 1 atom stereocenters. The van der Waals surface area contributed by atoms with E-state index >= 15 is 0 Å². The van der Waals surface area contributed by atoms with E-state index in [2.05, 4.69) is 35.1 Å². The number of alkyl carbamates (subject to hydrolysis) is 1. The summed E-state index contributed by atoms with van der Waals surface area (Å²) in [7, 11) is 0. The molecule has 7 heteroatoms. The summed E-state index contributed by atoms with van der Waals surface area (Å²) >= 11 is 4.60. The highest BCUT2D eigenvalue weighted by atomic mass is 32.1. The second-order valence-corrected chi connectivity index (χ2v) is 9.37. The lowest BCUT2D eigenvalue weighted by Crippen LogP contribution is -2.38. The number of imidazole rings is 1. The molecule has 0 bridgehead atoms. The lowest BCUT2D eigenvalue weighted by atomic mass is 10.1. The van der Waals surface area contributed by atoms with E-state index in [0.29, 0.717) is 12.4 Å².